The third kappa shape index (κ3) is 3.67. The summed E-state index contributed by atoms with van der Waals surface area (Å²) in [6, 6.07) is -0.544. The summed E-state index contributed by atoms with van der Waals surface area (Å²) in [5.74, 6) is 0.762. The molecule has 0 radical (unpaired) electrons. The SMILES string of the molecule is CC(C)N(C)S(=O)(=O)N1CCCCC[C@@H]1c1noc(-c2cnn(C)c2)n1. The van der Waals surface area contributed by atoms with Crippen LogP contribution in [0.15, 0.2) is 16.9 Å². The van der Waals surface area contributed by atoms with E-state index in [0.29, 0.717) is 30.2 Å². The topological polar surface area (TPSA) is 97.4 Å². The smallest absolute Gasteiger partial charge is 0.282 e. The van der Waals surface area contributed by atoms with E-state index in [1.807, 2.05) is 20.9 Å². The first-order valence-corrected chi connectivity index (χ1v) is 10.3. The minimum Gasteiger partial charge on any atom is -0.334 e. The van der Waals surface area contributed by atoms with Crippen LogP contribution in [0.2, 0.25) is 0 Å². The van der Waals surface area contributed by atoms with Crippen LogP contribution in [0.5, 0.6) is 0 Å². The highest BCUT2D eigenvalue weighted by Crippen LogP contribution is 2.33. The molecule has 2 aromatic rings. The summed E-state index contributed by atoms with van der Waals surface area (Å²) in [4.78, 5) is 4.47. The molecule has 0 amide bonds. The van der Waals surface area contributed by atoms with Crippen molar-refractivity contribution >= 4 is 10.2 Å². The molecule has 1 fully saturated rings. The normalized spacial score (nSPS) is 20.0. The molecule has 0 bridgehead atoms. The first kappa shape index (κ1) is 19.0. The number of hydrogen-bond acceptors (Lipinski definition) is 6. The van der Waals surface area contributed by atoms with Crippen LogP contribution in [-0.2, 0) is 17.3 Å². The zero-order valence-corrected chi connectivity index (χ0v) is 16.5. The van der Waals surface area contributed by atoms with Crippen LogP contribution in [-0.4, -0.2) is 56.6 Å². The van der Waals surface area contributed by atoms with Gasteiger partial charge >= 0.3 is 0 Å². The average molecular weight is 382 g/mol. The van der Waals surface area contributed by atoms with E-state index in [-0.39, 0.29) is 6.04 Å². The molecular weight excluding hydrogens is 356 g/mol. The Balaban J connectivity index is 1.94. The van der Waals surface area contributed by atoms with Crippen LogP contribution in [0.25, 0.3) is 11.5 Å². The molecule has 2 aromatic heterocycles. The largest absolute Gasteiger partial charge is 0.334 e. The van der Waals surface area contributed by atoms with E-state index in [0.717, 1.165) is 19.3 Å². The quantitative estimate of drug-likeness (QED) is 0.784. The van der Waals surface area contributed by atoms with Crippen molar-refractivity contribution in [1.82, 2.24) is 28.5 Å². The zero-order valence-electron chi connectivity index (χ0n) is 15.7. The van der Waals surface area contributed by atoms with Gasteiger partial charge in [-0.2, -0.15) is 27.1 Å². The van der Waals surface area contributed by atoms with Crippen molar-refractivity contribution in [3.8, 4) is 11.5 Å². The fourth-order valence-corrected chi connectivity index (χ4v) is 4.81. The molecule has 0 N–H and O–H groups in total. The summed E-state index contributed by atoms with van der Waals surface area (Å²) in [6.45, 7) is 4.18. The minimum atomic E-state index is -3.60. The molecule has 1 aliphatic heterocycles. The minimum absolute atomic E-state index is 0.125. The van der Waals surface area contributed by atoms with E-state index < -0.39 is 16.3 Å². The van der Waals surface area contributed by atoms with Gasteiger partial charge in [-0.15, -0.1) is 0 Å². The van der Waals surface area contributed by atoms with Gasteiger partial charge in [0.1, 0.15) is 0 Å². The molecule has 3 heterocycles. The van der Waals surface area contributed by atoms with Crippen molar-refractivity contribution in [2.75, 3.05) is 13.6 Å². The summed E-state index contributed by atoms with van der Waals surface area (Å²) in [5.41, 5.74) is 0.716. The van der Waals surface area contributed by atoms with E-state index in [9.17, 15) is 8.42 Å². The van der Waals surface area contributed by atoms with Crippen LogP contribution < -0.4 is 0 Å². The van der Waals surface area contributed by atoms with Crippen LogP contribution >= 0.6 is 0 Å². The van der Waals surface area contributed by atoms with Gasteiger partial charge < -0.3 is 4.52 Å². The molecule has 10 heteroatoms. The summed E-state index contributed by atoms with van der Waals surface area (Å²) >= 11 is 0. The molecule has 0 aromatic carbocycles. The lowest BCUT2D eigenvalue weighted by Crippen LogP contribution is -2.46. The van der Waals surface area contributed by atoms with E-state index in [1.165, 1.54) is 8.61 Å². The van der Waals surface area contributed by atoms with Gasteiger partial charge in [-0.25, -0.2) is 0 Å². The van der Waals surface area contributed by atoms with Crippen molar-refractivity contribution in [1.29, 1.82) is 0 Å². The highest BCUT2D eigenvalue weighted by atomic mass is 32.2. The van der Waals surface area contributed by atoms with Crippen LogP contribution in [0.4, 0.5) is 0 Å². The van der Waals surface area contributed by atoms with E-state index >= 15 is 0 Å². The first-order valence-electron chi connectivity index (χ1n) is 8.88. The lowest BCUT2D eigenvalue weighted by atomic mass is 10.1. The molecule has 0 spiro atoms. The second-order valence-corrected chi connectivity index (χ2v) is 8.89. The molecule has 144 valence electrons. The van der Waals surface area contributed by atoms with E-state index in [4.69, 9.17) is 4.52 Å². The summed E-state index contributed by atoms with van der Waals surface area (Å²) in [6.07, 6.45) is 6.85. The first-order chi connectivity index (χ1) is 12.3. The second-order valence-electron chi connectivity index (χ2n) is 6.95. The Labute approximate surface area is 154 Å². The Morgan fingerprint density at radius 1 is 1.31 bits per heavy atom. The third-order valence-electron chi connectivity index (χ3n) is 4.78. The van der Waals surface area contributed by atoms with E-state index in [2.05, 4.69) is 15.2 Å². The van der Waals surface area contributed by atoms with Crippen molar-refractivity contribution in [3.63, 3.8) is 0 Å². The van der Waals surface area contributed by atoms with Gasteiger partial charge in [0, 0.05) is 32.9 Å². The zero-order chi connectivity index (χ0) is 18.9. The van der Waals surface area contributed by atoms with Crippen molar-refractivity contribution < 1.29 is 12.9 Å². The van der Waals surface area contributed by atoms with Gasteiger partial charge in [0.15, 0.2) is 5.82 Å². The predicted molar refractivity (Wildman–Crippen MR) is 96.2 cm³/mol. The maximum absolute atomic E-state index is 13.1. The molecule has 1 saturated heterocycles. The average Bonchev–Trinajstić information content (AvgIpc) is 3.16. The van der Waals surface area contributed by atoms with Gasteiger partial charge in [-0.05, 0) is 26.7 Å². The molecule has 26 heavy (non-hydrogen) atoms. The lowest BCUT2D eigenvalue weighted by molar-refractivity contribution is 0.272. The maximum Gasteiger partial charge on any atom is 0.282 e. The molecule has 3 rings (SSSR count). The Morgan fingerprint density at radius 2 is 2.08 bits per heavy atom. The summed E-state index contributed by atoms with van der Waals surface area (Å²) in [5, 5.41) is 8.19. The molecule has 0 unspecified atom stereocenters. The summed E-state index contributed by atoms with van der Waals surface area (Å²) < 4.78 is 36.1. The Bertz CT molecular complexity index is 844. The number of aryl methyl sites for hydroxylation is 1. The lowest BCUT2D eigenvalue weighted by Gasteiger charge is -2.32. The number of hydrogen-bond donors (Lipinski definition) is 0. The number of rotatable bonds is 5. The molecule has 1 aliphatic rings. The molecule has 9 nitrogen and oxygen atoms in total. The van der Waals surface area contributed by atoms with Crippen molar-refractivity contribution in [3.05, 3.63) is 18.2 Å². The monoisotopic (exact) mass is 382 g/mol. The third-order valence-corrected chi connectivity index (χ3v) is 6.96. The Kier molecular flexibility index (Phi) is 5.44. The van der Waals surface area contributed by atoms with Crippen LogP contribution in [0, 0.1) is 0 Å². The maximum atomic E-state index is 13.1. The fourth-order valence-electron chi connectivity index (χ4n) is 3.07. The summed E-state index contributed by atoms with van der Waals surface area (Å²) in [7, 11) is -0.187. The van der Waals surface area contributed by atoms with Gasteiger partial charge in [0.25, 0.3) is 16.1 Å². The van der Waals surface area contributed by atoms with Gasteiger partial charge in [-0.1, -0.05) is 18.0 Å². The molecule has 0 aliphatic carbocycles. The molecule has 0 saturated carbocycles. The van der Waals surface area contributed by atoms with Crippen LogP contribution in [0.1, 0.15) is 51.4 Å². The fraction of sp³-hybridized carbons (Fsp3) is 0.688. The van der Waals surface area contributed by atoms with Gasteiger partial charge in [-0.3, -0.25) is 4.68 Å². The van der Waals surface area contributed by atoms with E-state index in [1.54, 1.807) is 24.1 Å². The number of nitrogens with zero attached hydrogens (tertiary/aromatic N) is 6. The second kappa shape index (κ2) is 7.45. The molecular formula is C16H26N6O3S. The Morgan fingerprint density at radius 3 is 2.73 bits per heavy atom. The van der Waals surface area contributed by atoms with Crippen molar-refractivity contribution in [2.45, 2.75) is 51.6 Å². The standard InChI is InChI=1S/C16H26N6O3S/c1-12(2)21(4)26(23,24)22-9-7-5-6-8-14(22)15-18-16(25-19-15)13-10-17-20(3)11-13/h10-12,14H,5-9H2,1-4H3/t14-/m1/s1. The highest BCUT2D eigenvalue weighted by Gasteiger charge is 2.38. The molecule has 1 atom stereocenters. The Hall–Kier alpha value is -1.78. The van der Waals surface area contributed by atoms with Gasteiger partial charge in [0.05, 0.1) is 17.8 Å². The highest BCUT2D eigenvalue weighted by molar-refractivity contribution is 7.86. The van der Waals surface area contributed by atoms with Gasteiger partial charge in [0.2, 0.25) is 0 Å². The number of aromatic nitrogens is 4. The van der Waals surface area contributed by atoms with Crippen molar-refractivity contribution in [2.24, 2.45) is 7.05 Å². The van der Waals surface area contributed by atoms with Crippen LogP contribution in [0.3, 0.4) is 0 Å². The predicted octanol–water partition coefficient (Wildman–Crippen LogP) is 1.97.